The second-order valence-electron chi connectivity index (χ2n) is 4.92. The second-order valence-corrected chi connectivity index (χ2v) is 5.95. The predicted octanol–water partition coefficient (Wildman–Crippen LogP) is 3.28. The average molecular weight is 274 g/mol. The molecule has 3 rings (SSSR count). The van der Waals surface area contributed by atoms with E-state index in [0.29, 0.717) is 12.6 Å². The third kappa shape index (κ3) is 3.55. The molecule has 1 N–H and O–H groups in total. The van der Waals surface area contributed by atoms with E-state index in [9.17, 15) is 0 Å². The summed E-state index contributed by atoms with van der Waals surface area (Å²) in [5.41, 5.74) is 2.06. The van der Waals surface area contributed by atoms with Gasteiger partial charge in [-0.15, -0.1) is 11.3 Å². The predicted molar refractivity (Wildman–Crippen MR) is 77.5 cm³/mol. The Bertz CT molecular complexity index is 535. The van der Waals surface area contributed by atoms with E-state index >= 15 is 0 Å². The van der Waals surface area contributed by atoms with Gasteiger partial charge in [0.25, 0.3) is 0 Å². The van der Waals surface area contributed by atoms with Crippen molar-refractivity contribution in [2.45, 2.75) is 39.0 Å². The molecule has 0 radical (unpaired) electrons. The minimum Gasteiger partial charge on any atom is -0.486 e. The van der Waals surface area contributed by atoms with Crippen LogP contribution in [0.5, 0.6) is 5.75 Å². The number of rotatable bonds is 6. The maximum absolute atomic E-state index is 5.90. The lowest BCUT2D eigenvalue weighted by Crippen LogP contribution is -2.17. The first kappa shape index (κ1) is 12.6. The first-order valence-electron chi connectivity index (χ1n) is 6.66. The smallest absolute Gasteiger partial charge is 0.142 e. The molecule has 2 aromatic rings. The molecule has 1 fully saturated rings. The number of hydrogen-bond acceptors (Lipinski definition) is 4. The molecule has 0 atom stereocenters. The summed E-state index contributed by atoms with van der Waals surface area (Å²) in [6, 6.07) is 8.86. The summed E-state index contributed by atoms with van der Waals surface area (Å²) in [5, 5.41) is 5.56. The van der Waals surface area contributed by atoms with Gasteiger partial charge in [-0.3, -0.25) is 4.98 Å². The van der Waals surface area contributed by atoms with E-state index in [0.717, 1.165) is 23.7 Å². The number of hydrogen-bond donors (Lipinski definition) is 1. The first-order chi connectivity index (χ1) is 9.31. The number of aromatic nitrogens is 1. The van der Waals surface area contributed by atoms with E-state index in [-0.39, 0.29) is 0 Å². The van der Waals surface area contributed by atoms with Crippen molar-refractivity contribution >= 4 is 11.3 Å². The molecule has 0 aromatic carbocycles. The van der Waals surface area contributed by atoms with Gasteiger partial charge < -0.3 is 10.1 Å². The standard InChI is InChI=1S/C15H18N2OS/c1-11-4-7-15(18-10-13-3-2-8-19-13)14(17-11)9-16-12-5-6-12/h2-4,7-8,12,16H,5-6,9-10H2,1H3. The van der Waals surface area contributed by atoms with Crippen LogP contribution in [0.3, 0.4) is 0 Å². The Morgan fingerprint density at radius 1 is 1.37 bits per heavy atom. The van der Waals surface area contributed by atoms with Crippen LogP contribution in [-0.2, 0) is 13.2 Å². The topological polar surface area (TPSA) is 34.1 Å². The van der Waals surface area contributed by atoms with Gasteiger partial charge in [0.15, 0.2) is 0 Å². The van der Waals surface area contributed by atoms with E-state index < -0.39 is 0 Å². The van der Waals surface area contributed by atoms with Gasteiger partial charge in [0.2, 0.25) is 0 Å². The average Bonchev–Trinajstić information content (AvgIpc) is 3.10. The van der Waals surface area contributed by atoms with Gasteiger partial charge in [0, 0.05) is 23.2 Å². The molecule has 1 saturated carbocycles. The van der Waals surface area contributed by atoms with E-state index in [2.05, 4.69) is 21.7 Å². The van der Waals surface area contributed by atoms with Crippen LogP contribution >= 0.6 is 11.3 Å². The third-order valence-electron chi connectivity index (χ3n) is 3.16. The van der Waals surface area contributed by atoms with Gasteiger partial charge >= 0.3 is 0 Å². The summed E-state index contributed by atoms with van der Waals surface area (Å²) in [7, 11) is 0. The Hall–Kier alpha value is -1.39. The molecule has 0 amide bonds. The van der Waals surface area contributed by atoms with Crippen LogP contribution in [0.25, 0.3) is 0 Å². The molecule has 1 aliphatic rings. The Morgan fingerprint density at radius 2 is 2.26 bits per heavy atom. The Kier molecular flexibility index (Phi) is 3.80. The fourth-order valence-electron chi connectivity index (χ4n) is 1.93. The maximum atomic E-state index is 5.90. The van der Waals surface area contributed by atoms with Gasteiger partial charge in [-0.25, -0.2) is 0 Å². The molecular formula is C15H18N2OS. The molecular weight excluding hydrogens is 256 g/mol. The zero-order chi connectivity index (χ0) is 13.1. The molecule has 4 heteroatoms. The lowest BCUT2D eigenvalue weighted by Gasteiger charge is -2.11. The van der Waals surface area contributed by atoms with Crippen LogP contribution in [0.4, 0.5) is 0 Å². The Balaban J connectivity index is 1.67. The molecule has 0 bridgehead atoms. The molecule has 0 saturated heterocycles. The minimum atomic E-state index is 0.624. The van der Waals surface area contributed by atoms with Crippen LogP contribution in [0.1, 0.15) is 29.1 Å². The quantitative estimate of drug-likeness (QED) is 0.877. The van der Waals surface area contributed by atoms with Crippen LogP contribution in [0.2, 0.25) is 0 Å². The van der Waals surface area contributed by atoms with Crippen LogP contribution in [-0.4, -0.2) is 11.0 Å². The lowest BCUT2D eigenvalue weighted by atomic mass is 10.3. The first-order valence-corrected chi connectivity index (χ1v) is 7.54. The summed E-state index contributed by atoms with van der Waals surface area (Å²) in [6.07, 6.45) is 2.58. The Labute approximate surface area is 117 Å². The number of pyridine rings is 1. The van der Waals surface area contributed by atoms with Gasteiger partial charge in [-0.1, -0.05) is 6.07 Å². The van der Waals surface area contributed by atoms with Crippen molar-refractivity contribution in [3.8, 4) is 5.75 Å². The lowest BCUT2D eigenvalue weighted by molar-refractivity contribution is 0.303. The molecule has 19 heavy (non-hydrogen) atoms. The molecule has 0 unspecified atom stereocenters. The van der Waals surface area contributed by atoms with Crippen molar-refractivity contribution in [1.82, 2.24) is 10.3 Å². The molecule has 100 valence electrons. The summed E-state index contributed by atoms with van der Waals surface area (Å²) >= 11 is 1.72. The largest absolute Gasteiger partial charge is 0.486 e. The monoisotopic (exact) mass is 274 g/mol. The van der Waals surface area contributed by atoms with Crippen molar-refractivity contribution in [2.75, 3.05) is 0 Å². The summed E-state index contributed by atoms with van der Waals surface area (Å²) < 4.78 is 5.90. The van der Waals surface area contributed by atoms with Crippen molar-refractivity contribution in [3.63, 3.8) is 0 Å². The number of nitrogens with one attached hydrogen (secondary N) is 1. The van der Waals surface area contributed by atoms with Crippen molar-refractivity contribution in [2.24, 2.45) is 0 Å². The van der Waals surface area contributed by atoms with Crippen molar-refractivity contribution in [3.05, 3.63) is 45.9 Å². The van der Waals surface area contributed by atoms with Crippen molar-refractivity contribution in [1.29, 1.82) is 0 Å². The van der Waals surface area contributed by atoms with E-state index in [4.69, 9.17) is 4.74 Å². The molecule has 0 spiro atoms. The SMILES string of the molecule is Cc1ccc(OCc2cccs2)c(CNC2CC2)n1. The highest BCUT2D eigenvalue weighted by molar-refractivity contribution is 7.09. The fraction of sp³-hybridized carbons (Fsp3) is 0.400. The summed E-state index contributed by atoms with van der Waals surface area (Å²) in [4.78, 5) is 5.83. The zero-order valence-electron chi connectivity index (χ0n) is 11.1. The highest BCUT2D eigenvalue weighted by Gasteiger charge is 2.21. The van der Waals surface area contributed by atoms with E-state index in [1.54, 1.807) is 11.3 Å². The highest BCUT2D eigenvalue weighted by atomic mass is 32.1. The van der Waals surface area contributed by atoms with Crippen molar-refractivity contribution < 1.29 is 4.74 Å². The second kappa shape index (κ2) is 5.72. The van der Waals surface area contributed by atoms with Crippen LogP contribution < -0.4 is 10.1 Å². The molecule has 2 heterocycles. The third-order valence-corrected chi connectivity index (χ3v) is 4.01. The Morgan fingerprint density at radius 3 is 3.00 bits per heavy atom. The molecule has 3 nitrogen and oxygen atoms in total. The van der Waals surface area contributed by atoms with Gasteiger partial charge in [-0.2, -0.15) is 0 Å². The minimum absolute atomic E-state index is 0.624. The number of nitrogens with zero attached hydrogens (tertiary/aromatic N) is 1. The normalized spacial score (nSPS) is 14.6. The molecule has 2 aromatic heterocycles. The summed E-state index contributed by atoms with van der Waals surface area (Å²) in [5.74, 6) is 0.896. The number of thiophene rings is 1. The summed E-state index contributed by atoms with van der Waals surface area (Å²) in [6.45, 7) is 3.44. The number of aryl methyl sites for hydroxylation is 1. The zero-order valence-corrected chi connectivity index (χ0v) is 11.9. The van der Waals surface area contributed by atoms with Gasteiger partial charge in [-0.05, 0) is 43.3 Å². The van der Waals surface area contributed by atoms with Gasteiger partial charge in [0.05, 0.1) is 5.69 Å². The van der Waals surface area contributed by atoms with E-state index in [1.807, 2.05) is 25.1 Å². The van der Waals surface area contributed by atoms with Crippen LogP contribution in [0, 0.1) is 6.92 Å². The highest BCUT2D eigenvalue weighted by Crippen LogP contribution is 2.23. The molecule has 1 aliphatic carbocycles. The number of ether oxygens (including phenoxy) is 1. The molecule has 0 aliphatic heterocycles. The van der Waals surface area contributed by atoms with E-state index in [1.165, 1.54) is 17.7 Å². The fourth-order valence-corrected chi connectivity index (χ4v) is 2.54. The van der Waals surface area contributed by atoms with Crippen LogP contribution in [0.15, 0.2) is 29.6 Å². The van der Waals surface area contributed by atoms with Gasteiger partial charge in [0.1, 0.15) is 12.4 Å². The maximum Gasteiger partial charge on any atom is 0.142 e.